The molecule has 0 amide bonds. The highest BCUT2D eigenvalue weighted by molar-refractivity contribution is 9.10. The Hall–Kier alpha value is -0.540. The van der Waals surface area contributed by atoms with Gasteiger partial charge in [-0.3, -0.25) is 0 Å². The maximum atomic E-state index is 9.71. The van der Waals surface area contributed by atoms with E-state index in [1.807, 2.05) is 12.1 Å². The van der Waals surface area contributed by atoms with Gasteiger partial charge in [0.1, 0.15) is 5.75 Å². The maximum Gasteiger partial charge on any atom is 0.121 e. The second kappa shape index (κ2) is 6.13. The summed E-state index contributed by atoms with van der Waals surface area (Å²) in [6, 6.07) is 5.43. The van der Waals surface area contributed by atoms with Crippen LogP contribution in [-0.4, -0.2) is 5.11 Å². The van der Waals surface area contributed by atoms with Crippen molar-refractivity contribution < 1.29 is 5.11 Å². The molecule has 0 spiro atoms. The molecule has 1 aromatic carbocycles. The second-order valence-corrected chi connectivity index (χ2v) is 4.72. The number of benzene rings is 1. The van der Waals surface area contributed by atoms with Crippen LogP contribution in [0.2, 0.25) is 0 Å². The van der Waals surface area contributed by atoms with Crippen LogP contribution in [0.1, 0.15) is 44.2 Å². The number of hydrogen-bond acceptors (Lipinski definition) is 2. The van der Waals surface area contributed by atoms with Crippen LogP contribution in [0.5, 0.6) is 5.75 Å². The Kier molecular flexibility index (Phi) is 5.12. The number of halogens is 1. The maximum absolute atomic E-state index is 9.71. The summed E-state index contributed by atoms with van der Waals surface area (Å²) in [5, 5.41) is 9.71. The SMILES string of the molecule is CCCCC[C@H](N)c1ccc(Br)cc1O. The summed E-state index contributed by atoms with van der Waals surface area (Å²) in [5.41, 5.74) is 6.85. The highest BCUT2D eigenvalue weighted by Gasteiger charge is 2.10. The van der Waals surface area contributed by atoms with Crippen LogP contribution in [0.3, 0.4) is 0 Å². The first-order valence-electron chi connectivity index (χ1n) is 5.39. The summed E-state index contributed by atoms with van der Waals surface area (Å²) >= 11 is 3.31. The van der Waals surface area contributed by atoms with E-state index in [2.05, 4.69) is 22.9 Å². The molecule has 0 aliphatic rings. The van der Waals surface area contributed by atoms with Gasteiger partial charge in [-0.1, -0.05) is 48.2 Å². The summed E-state index contributed by atoms with van der Waals surface area (Å²) in [6.07, 6.45) is 4.44. The van der Waals surface area contributed by atoms with Crippen molar-refractivity contribution in [2.45, 2.75) is 38.6 Å². The molecule has 0 bridgehead atoms. The molecule has 0 radical (unpaired) electrons. The van der Waals surface area contributed by atoms with Gasteiger partial charge in [-0.25, -0.2) is 0 Å². The Balaban J connectivity index is 2.61. The van der Waals surface area contributed by atoms with E-state index in [0.717, 1.165) is 22.9 Å². The van der Waals surface area contributed by atoms with Crippen molar-refractivity contribution in [1.82, 2.24) is 0 Å². The molecule has 0 aliphatic carbocycles. The summed E-state index contributed by atoms with van der Waals surface area (Å²) in [7, 11) is 0. The predicted molar refractivity (Wildman–Crippen MR) is 66.9 cm³/mol. The first-order chi connectivity index (χ1) is 7.15. The molecule has 0 saturated heterocycles. The lowest BCUT2D eigenvalue weighted by molar-refractivity contribution is 0.455. The van der Waals surface area contributed by atoms with Gasteiger partial charge in [-0.05, 0) is 18.6 Å². The lowest BCUT2D eigenvalue weighted by atomic mass is 10.0. The molecule has 3 N–H and O–H groups in total. The van der Waals surface area contributed by atoms with Crippen molar-refractivity contribution >= 4 is 15.9 Å². The van der Waals surface area contributed by atoms with Gasteiger partial charge < -0.3 is 10.8 Å². The molecule has 84 valence electrons. The highest BCUT2D eigenvalue weighted by Crippen LogP contribution is 2.28. The fourth-order valence-corrected chi connectivity index (χ4v) is 1.95. The normalized spacial score (nSPS) is 12.7. The minimum Gasteiger partial charge on any atom is -0.508 e. The Bertz CT molecular complexity index is 314. The van der Waals surface area contributed by atoms with Gasteiger partial charge in [-0.2, -0.15) is 0 Å². The average Bonchev–Trinajstić information content (AvgIpc) is 2.17. The Morgan fingerprint density at radius 3 is 2.73 bits per heavy atom. The molecule has 0 heterocycles. The first-order valence-corrected chi connectivity index (χ1v) is 6.18. The molecular weight excluding hydrogens is 254 g/mol. The van der Waals surface area contributed by atoms with Crippen molar-refractivity contribution in [3.05, 3.63) is 28.2 Å². The van der Waals surface area contributed by atoms with Crippen molar-refractivity contribution in [1.29, 1.82) is 0 Å². The minimum absolute atomic E-state index is 0.0513. The number of phenols is 1. The summed E-state index contributed by atoms with van der Waals surface area (Å²) < 4.78 is 0.879. The lowest BCUT2D eigenvalue weighted by Crippen LogP contribution is -2.10. The monoisotopic (exact) mass is 271 g/mol. The molecule has 0 saturated carbocycles. The van der Waals surface area contributed by atoms with Gasteiger partial charge in [-0.15, -0.1) is 0 Å². The first kappa shape index (κ1) is 12.5. The number of unbranched alkanes of at least 4 members (excludes halogenated alkanes) is 2. The van der Waals surface area contributed by atoms with E-state index < -0.39 is 0 Å². The summed E-state index contributed by atoms with van der Waals surface area (Å²) in [6.45, 7) is 2.17. The van der Waals surface area contributed by atoms with Crippen LogP contribution in [0, 0.1) is 0 Å². The number of rotatable bonds is 5. The molecule has 15 heavy (non-hydrogen) atoms. The Morgan fingerprint density at radius 2 is 2.13 bits per heavy atom. The fourth-order valence-electron chi connectivity index (χ4n) is 1.60. The van der Waals surface area contributed by atoms with E-state index in [-0.39, 0.29) is 11.8 Å². The third kappa shape index (κ3) is 3.84. The van der Waals surface area contributed by atoms with Gasteiger partial charge >= 0.3 is 0 Å². The zero-order chi connectivity index (χ0) is 11.3. The molecule has 0 aromatic heterocycles. The topological polar surface area (TPSA) is 46.2 Å². The lowest BCUT2D eigenvalue weighted by Gasteiger charge is -2.13. The molecule has 2 nitrogen and oxygen atoms in total. The van der Waals surface area contributed by atoms with Crippen LogP contribution in [-0.2, 0) is 0 Å². The molecule has 1 atom stereocenters. The van der Waals surface area contributed by atoms with E-state index in [0.29, 0.717) is 0 Å². The molecule has 0 aliphatic heterocycles. The third-order valence-electron chi connectivity index (χ3n) is 2.51. The minimum atomic E-state index is -0.0513. The van der Waals surface area contributed by atoms with E-state index in [4.69, 9.17) is 5.73 Å². The molecule has 1 rings (SSSR count). The molecule has 3 heteroatoms. The second-order valence-electron chi connectivity index (χ2n) is 3.81. The van der Waals surface area contributed by atoms with Crippen LogP contribution >= 0.6 is 15.9 Å². The third-order valence-corrected chi connectivity index (χ3v) is 3.00. The highest BCUT2D eigenvalue weighted by atomic mass is 79.9. The van der Waals surface area contributed by atoms with Gasteiger partial charge in [0.05, 0.1) is 0 Å². The van der Waals surface area contributed by atoms with E-state index >= 15 is 0 Å². The molecule has 1 aromatic rings. The average molecular weight is 272 g/mol. The summed E-state index contributed by atoms with van der Waals surface area (Å²) in [4.78, 5) is 0. The van der Waals surface area contributed by atoms with Crippen molar-refractivity contribution in [3.63, 3.8) is 0 Å². The largest absolute Gasteiger partial charge is 0.508 e. The number of hydrogen-bond donors (Lipinski definition) is 2. The van der Waals surface area contributed by atoms with Gasteiger partial charge in [0, 0.05) is 16.1 Å². The Labute approximate surface area is 99.6 Å². The van der Waals surface area contributed by atoms with Crippen molar-refractivity contribution in [2.24, 2.45) is 5.73 Å². The fraction of sp³-hybridized carbons (Fsp3) is 0.500. The molecule has 0 fully saturated rings. The van der Waals surface area contributed by atoms with Crippen molar-refractivity contribution in [2.75, 3.05) is 0 Å². The van der Waals surface area contributed by atoms with Gasteiger partial charge in [0.15, 0.2) is 0 Å². The summed E-state index contributed by atoms with van der Waals surface area (Å²) in [5.74, 6) is 0.286. The zero-order valence-corrected chi connectivity index (χ0v) is 10.6. The van der Waals surface area contributed by atoms with E-state index in [9.17, 15) is 5.11 Å². The number of aromatic hydroxyl groups is 1. The van der Waals surface area contributed by atoms with Crippen LogP contribution in [0.25, 0.3) is 0 Å². The van der Waals surface area contributed by atoms with Crippen LogP contribution in [0.4, 0.5) is 0 Å². The van der Waals surface area contributed by atoms with Crippen LogP contribution < -0.4 is 5.73 Å². The standard InChI is InChI=1S/C12H18BrNO/c1-2-3-4-5-11(14)10-7-6-9(13)8-12(10)15/h6-8,11,15H,2-5,14H2,1H3/t11-/m0/s1. The number of phenolic OH excluding ortho intramolecular Hbond substituents is 1. The van der Waals surface area contributed by atoms with Crippen molar-refractivity contribution in [3.8, 4) is 5.75 Å². The predicted octanol–water partition coefficient (Wildman–Crippen LogP) is 3.73. The molecule has 0 unspecified atom stereocenters. The smallest absolute Gasteiger partial charge is 0.121 e. The van der Waals surface area contributed by atoms with Gasteiger partial charge in [0.2, 0.25) is 0 Å². The van der Waals surface area contributed by atoms with Crippen LogP contribution in [0.15, 0.2) is 22.7 Å². The van der Waals surface area contributed by atoms with E-state index in [1.165, 1.54) is 12.8 Å². The quantitative estimate of drug-likeness (QED) is 0.802. The van der Waals surface area contributed by atoms with Gasteiger partial charge in [0.25, 0.3) is 0 Å². The zero-order valence-electron chi connectivity index (χ0n) is 9.04. The molecular formula is C12H18BrNO. The number of nitrogens with two attached hydrogens (primary N) is 1. The van der Waals surface area contributed by atoms with E-state index in [1.54, 1.807) is 6.07 Å². The Morgan fingerprint density at radius 1 is 1.40 bits per heavy atom.